The van der Waals surface area contributed by atoms with Gasteiger partial charge in [-0.3, -0.25) is 0 Å². The average molecular weight is 421 g/mol. The summed E-state index contributed by atoms with van der Waals surface area (Å²) in [5.41, 5.74) is 3.98. The van der Waals surface area contributed by atoms with Gasteiger partial charge in [-0.1, -0.05) is 54.6 Å². The first kappa shape index (κ1) is 17.6. The van der Waals surface area contributed by atoms with E-state index in [1.807, 2.05) is 24.3 Å². The summed E-state index contributed by atoms with van der Waals surface area (Å²) in [6.07, 6.45) is 5.06. The molecule has 2 aliphatic heterocycles. The van der Waals surface area contributed by atoms with Crippen molar-refractivity contribution in [3.05, 3.63) is 46.4 Å². The highest BCUT2D eigenvalue weighted by atomic mass is 35.5. The molecule has 3 aliphatic rings. The minimum atomic E-state index is -3.66. The Kier molecular flexibility index (Phi) is 4.06. The molecule has 0 aromatic heterocycles. The van der Waals surface area contributed by atoms with Crippen LogP contribution in [0.2, 0.25) is 10.0 Å². The van der Waals surface area contributed by atoms with Crippen molar-refractivity contribution in [2.24, 2.45) is 0 Å². The quantitative estimate of drug-likeness (QED) is 0.471. The van der Waals surface area contributed by atoms with Crippen LogP contribution in [0.5, 0.6) is 0 Å². The lowest BCUT2D eigenvalue weighted by Gasteiger charge is -2.22. The zero-order valence-corrected chi connectivity index (χ0v) is 16.8. The van der Waals surface area contributed by atoms with Crippen molar-refractivity contribution in [3.8, 4) is 16.9 Å². The molecule has 1 saturated carbocycles. The average Bonchev–Trinajstić information content (AvgIpc) is 3.28. The first-order valence-electron chi connectivity index (χ1n) is 9.13. The lowest BCUT2D eigenvalue weighted by atomic mass is 9.96. The van der Waals surface area contributed by atoms with Crippen LogP contribution in [0.3, 0.4) is 0 Å². The molecule has 0 unspecified atom stereocenters. The Hall–Kier alpha value is -1.53. The largest absolute Gasteiger partial charge is 0.304 e. The fraction of sp³-hybridized carbons (Fsp3) is 0.300. The topological polar surface area (TPSA) is 51.1 Å². The number of sulfonamides is 1. The summed E-state index contributed by atoms with van der Waals surface area (Å²) in [6, 6.07) is 11.0. The van der Waals surface area contributed by atoms with Gasteiger partial charge >= 0.3 is 0 Å². The first-order chi connectivity index (χ1) is 13.0. The number of nitrogens with one attached hydrogen (secondary N) is 1. The smallest absolute Gasteiger partial charge is 0.242 e. The molecule has 0 spiro atoms. The highest BCUT2D eigenvalue weighted by Crippen LogP contribution is 2.53. The van der Waals surface area contributed by atoms with Crippen molar-refractivity contribution in [1.82, 2.24) is 9.29 Å². The maximum absolute atomic E-state index is 12.9. The molecule has 7 heteroatoms. The zero-order valence-electron chi connectivity index (χ0n) is 14.5. The third kappa shape index (κ3) is 2.80. The van der Waals surface area contributed by atoms with Crippen LogP contribution in [0, 0.1) is 0 Å². The number of aromatic nitrogens is 1. The highest BCUT2D eigenvalue weighted by molar-refractivity contribution is 7.89. The monoisotopic (exact) mass is 420 g/mol. The molecule has 2 heterocycles. The van der Waals surface area contributed by atoms with Crippen molar-refractivity contribution < 1.29 is 8.42 Å². The minimum Gasteiger partial charge on any atom is -0.304 e. The van der Waals surface area contributed by atoms with E-state index in [0.29, 0.717) is 0 Å². The lowest BCUT2D eigenvalue weighted by molar-refractivity contribution is 0.412. The summed E-state index contributed by atoms with van der Waals surface area (Å²) in [5, 5.41) is 1.99. The van der Waals surface area contributed by atoms with Gasteiger partial charge in [0.25, 0.3) is 0 Å². The van der Waals surface area contributed by atoms with E-state index in [1.165, 1.54) is 6.42 Å². The molecule has 0 saturated heterocycles. The van der Waals surface area contributed by atoms with Gasteiger partial charge in [-0.25, -0.2) is 13.1 Å². The summed E-state index contributed by atoms with van der Waals surface area (Å²) < 4.78 is 30.8. The summed E-state index contributed by atoms with van der Waals surface area (Å²) in [5.74, 6) is 0. The van der Waals surface area contributed by atoms with E-state index < -0.39 is 10.0 Å². The predicted molar refractivity (Wildman–Crippen MR) is 109 cm³/mol. The van der Waals surface area contributed by atoms with Gasteiger partial charge in [0.15, 0.2) is 0 Å². The Bertz CT molecular complexity index is 1180. The van der Waals surface area contributed by atoms with Crippen molar-refractivity contribution in [3.63, 3.8) is 0 Å². The summed E-state index contributed by atoms with van der Waals surface area (Å²) in [4.78, 5) is 0.142. The Balaban J connectivity index is 1.52. The third-order valence-corrected chi connectivity index (χ3v) is 7.83. The highest BCUT2D eigenvalue weighted by Gasteiger charge is 2.35. The number of hydrogen-bond donors (Lipinski definition) is 1. The van der Waals surface area contributed by atoms with Crippen LogP contribution in [0.25, 0.3) is 27.8 Å². The lowest BCUT2D eigenvalue weighted by Crippen LogP contribution is -2.36. The molecule has 4 nitrogen and oxygen atoms in total. The molecule has 0 amide bonds. The van der Waals surface area contributed by atoms with E-state index in [4.69, 9.17) is 23.2 Å². The molecule has 1 aliphatic carbocycles. The second kappa shape index (κ2) is 6.24. The fourth-order valence-electron chi connectivity index (χ4n) is 4.14. The molecule has 2 aromatic rings. The van der Waals surface area contributed by atoms with Gasteiger partial charge in [0.2, 0.25) is 10.0 Å². The Morgan fingerprint density at radius 1 is 1.00 bits per heavy atom. The number of nitrogens with zero attached hydrogens (tertiary/aromatic N) is 1. The van der Waals surface area contributed by atoms with Crippen LogP contribution in [-0.2, 0) is 10.0 Å². The van der Waals surface area contributed by atoms with Crippen molar-refractivity contribution in [2.45, 2.75) is 43.0 Å². The molecule has 27 heavy (non-hydrogen) atoms. The van der Waals surface area contributed by atoms with E-state index in [-0.39, 0.29) is 16.0 Å². The Labute approximate surface area is 168 Å². The number of halogens is 2. The van der Waals surface area contributed by atoms with E-state index in [9.17, 15) is 8.42 Å². The van der Waals surface area contributed by atoms with E-state index in [1.54, 1.807) is 12.1 Å². The van der Waals surface area contributed by atoms with Gasteiger partial charge in [-0.2, -0.15) is 0 Å². The summed E-state index contributed by atoms with van der Waals surface area (Å²) >= 11 is 12.5. The number of rotatable bonds is 4. The number of benzene rings is 2. The second-order valence-corrected chi connectivity index (χ2v) is 9.76. The Morgan fingerprint density at radius 3 is 2.52 bits per heavy atom. The van der Waals surface area contributed by atoms with Crippen LogP contribution in [-0.4, -0.2) is 19.0 Å². The molecule has 1 N–H and O–H groups in total. The molecule has 1 fully saturated rings. The maximum atomic E-state index is 12.9. The zero-order chi connectivity index (χ0) is 18.8. The standard InChI is InChI=1S/C20H18Cl2N2O2S/c21-14-10-9-12(19-20-18-15(22)7-4-8-16(18)24(19)20)11-17(14)27(25,26)23-13-5-2-1-3-6-13/h4,7-11,13,23H,1-3,5-6H2. The van der Waals surface area contributed by atoms with Crippen LogP contribution in [0.4, 0.5) is 0 Å². The first-order valence-corrected chi connectivity index (χ1v) is 11.4. The SMILES string of the molecule is O=S(=O)(NC1CCCCC1)c1cc(-c2c3c4c(Cl)cccc4n2-3)ccc1Cl. The molecule has 0 bridgehead atoms. The van der Waals surface area contributed by atoms with Gasteiger partial charge < -0.3 is 4.57 Å². The molecule has 5 rings (SSSR count). The van der Waals surface area contributed by atoms with Crippen LogP contribution < -0.4 is 4.72 Å². The fourth-order valence-corrected chi connectivity index (χ4v) is 6.23. The normalized spacial score (nSPS) is 16.8. The molecule has 0 atom stereocenters. The van der Waals surface area contributed by atoms with Gasteiger partial charge in [0.05, 0.1) is 26.9 Å². The molecular formula is C20H18Cl2N2O2S. The van der Waals surface area contributed by atoms with E-state index in [2.05, 4.69) is 9.29 Å². The molecule has 0 radical (unpaired) electrons. The summed E-state index contributed by atoms with van der Waals surface area (Å²) in [6.45, 7) is 0. The van der Waals surface area contributed by atoms with Gasteiger partial charge in [-0.15, -0.1) is 0 Å². The van der Waals surface area contributed by atoms with Crippen molar-refractivity contribution >= 4 is 44.1 Å². The van der Waals surface area contributed by atoms with Crippen LogP contribution in [0.15, 0.2) is 41.3 Å². The number of hydrogen-bond acceptors (Lipinski definition) is 2. The molecular weight excluding hydrogens is 403 g/mol. The van der Waals surface area contributed by atoms with Gasteiger partial charge in [0, 0.05) is 17.0 Å². The molecule has 140 valence electrons. The third-order valence-electron chi connectivity index (χ3n) is 5.51. The van der Waals surface area contributed by atoms with E-state index >= 15 is 0 Å². The predicted octanol–water partition coefficient (Wildman–Crippen LogP) is 5.53. The Morgan fingerprint density at radius 2 is 1.78 bits per heavy atom. The van der Waals surface area contributed by atoms with Crippen molar-refractivity contribution in [2.75, 3.05) is 0 Å². The van der Waals surface area contributed by atoms with Crippen LogP contribution in [0.1, 0.15) is 32.1 Å². The summed E-state index contributed by atoms with van der Waals surface area (Å²) in [7, 11) is -3.66. The maximum Gasteiger partial charge on any atom is 0.242 e. The second-order valence-electron chi connectivity index (χ2n) is 7.27. The van der Waals surface area contributed by atoms with E-state index in [0.717, 1.165) is 58.6 Å². The molecule has 2 aromatic carbocycles. The van der Waals surface area contributed by atoms with Gasteiger partial charge in [-0.05, 0) is 37.1 Å². The minimum absolute atomic E-state index is 0.00517. The number of fused-ring (bicyclic) bond motifs is 4. The van der Waals surface area contributed by atoms with Gasteiger partial charge in [0.1, 0.15) is 4.90 Å². The van der Waals surface area contributed by atoms with Crippen molar-refractivity contribution in [1.29, 1.82) is 0 Å². The van der Waals surface area contributed by atoms with Crippen LogP contribution >= 0.6 is 23.2 Å².